The number of hydrogen-bond donors (Lipinski definition) is 1. The van der Waals surface area contributed by atoms with Crippen LogP contribution in [0.5, 0.6) is 5.75 Å². The summed E-state index contributed by atoms with van der Waals surface area (Å²) in [6.45, 7) is 3.77. The van der Waals surface area contributed by atoms with Crippen LogP contribution >= 0.6 is 0 Å². The highest BCUT2D eigenvalue weighted by Gasteiger charge is 2.27. The van der Waals surface area contributed by atoms with E-state index in [0.29, 0.717) is 22.7 Å². The number of carbonyl (C=O) groups is 1. The van der Waals surface area contributed by atoms with Crippen molar-refractivity contribution in [1.82, 2.24) is 14.9 Å². The fourth-order valence-electron chi connectivity index (χ4n) is 4.10. The molecule has 0 aliphatic carbocycles. The van der Waals surface area contributed by atoms with Crippen LogP contribution in [-0.2, 0) is 6.54 Å². The van der Waals surface area contributed by atoms with Gasteiger partial charge < -0.3 is 10.1 Å². The SMILES string of the molecule is COc1ccccc1NC(=O)c1cnc(C2CCCCN2Cc2ccccc2)nc1C. The summed E-state index contributed by atoms with van der Waals surface area (Å²) in [7, 11) is 1.58. The Morgan fingerprint density at radius 2 is 1.90 bits per heavy atom. The lowest BCUT2D eigenvalue weighted by Crippen LogP contribution is -2.34. The van der Waals surface area contributed by atoms with Gasteiger partial charge in [-0.15, -0.1) is 0 Å². The van der Waals surface area contributed by atoms with Gasteiger partial charge in [0.05, 0.1) is 30.1 Å². The minimum Gasteiger partial charge on any atom is -0.495 e. The highest BCUT2D eigenvalue weighted by atomic mass is 16.5. The highest BCUT2D eigenvalue weighted by Crippen LogP contribution is 2.31. The molecular weight excluding hydrogens is 388 g/mol. The van der Waals surface area contributed by atoms with Crippen molar-refractivity contribution < 1.29 is 9.53 Å². The normalized spacial score (nSPS) is 16.6. The molecule has 3 aromatic rings. The molecule has 160 valence electrons. The number of aryl methyl sites for hydroxylation is 1. The van der Waals surface area contributed by atoms with Crippen molar-refractivity contribution >= 4 is 11.6 Å². The van der Waals surface area contributed by atoms with Crippen LogP contribution in [-0.4, -0.2) is 34.4 Å². The Balaban J connectivity index is 1.52. The average molecular weight is 417 g/mol. The zero-order valence-electron chi connectivity index (χ0n) is 18.0. The van der Waals surface area contributed by atoms with Gasteiger partial charge in [0.1, 0.15) is 11.6 Å². The molecule has 1 fully saturated rings. The van der Waals surface area contributed by atoms with Gasteiger partial charge in [-0.3, -0.25) is 9.69 Å². The van der Waals surface area contributed by atoms with E-state index in [9.17, 15) is 4.79 Å². The van der Waals surface area contributed by atoms with Gasteiger partial charge in [-0.2, -0.15) is 0 Å². The number of rotatable bonds is 6. The Morgan fingerprint density at radius 3 is 2.68 bits per heavy atom. The third-order valence-electron chi connectivity index (χ3n) is 5.74. The van der Waals surface area contributed by atoms with Crippen LogP contribution in [0.1, 0.15) is 52.7 Å². The van der Waals surface area contributed by atoms with Gasteiger partial charge >= 0.3 is 0 Å². The minimum atomic E-state index is -0.238. The fraction of sp³-hybridized carbons (Fsp3) is 0.320. The Labute approximate surface area is 183 Å². The number of ether oxygens (including phenoxy) is 1. The van der Waals surface area contributed by atoms with E-state index in [0.717, 1.165) is 31.8 Å². The average Bonchev–Trinajstić information content (AvgIpc) is 2.80. The standard InChI is InChI=1S/C25H28N4O2/c1-18-20(25(30)28-21-12-6-7-14-23(21)31-2)16-26-24(27-18)22-13-8-9-15-29(22)17-19-10-4-3-5-11-19/h3-7,10-12,14,16,22H,8-9,13,15,17H2,1-2H3,(H,28,30). The number of piperidine rings is 1. The summed E-state index contributed by atoms with van der Waals surface area (Å²) in [4.78, 5) is 24.7. The van der Waals surface area contributed by atoms with Crippen molar-refractivity contribution in [2.75, 3.05) is 19.0 Å². The fourth-order valence-corrected chi connectivity index (χ4v) is 4.10. The molecule has 0 saturated carbocycles. The quantitative estimate of drug-likeness (QED) is 0.627. The van der Waals surface area contributed by atoms with Crippen LogP contribution in [0.3, 0.4) is 0 Å². The minimum absolute atomic E-state index is 0.166. The Bertz CT molecular complexity index is 1040. The first kappa shape index (κ1) is 21.0. The Morgan fingerprint density at radius 1 is 1.13 bits per heavy atom. The number of anilines is 1. The largest absolute Gasteiger partial charge is 0.495 e. The molecule has 0 radical (unpaired) electrons. The molecule has 2 heterocycles. The predicted octanol–water partition coefficient (Wildman–Crippen LogP) is 4.77. The van der Waals surface area contributed by atoms with E-state index in [4.69, 9.17) is 9.72 Å². The third kappa shape index (κ3) is 4.91. The van der Waals surface area contributed by atoms with Crippen molar-refractivity contribution in [1.29, 1.82) is 0 Å². The first-order chi connectivity index (χ1) is 15.2. The smallest absolute Gasteiger partial charge is 0.259 e. The molecule has 6 heteroatoms. The first-order valence-electron chi connectivity index (χ1n) is 10.7. The number of nitrogens with zero attached hydrogens (tertiary/aromatic N) is 3. The summed E-state index contributed by atoms with van der Waals surface area (Å²) in [6, 6.07) is 18.0. The molecule has 1 atom stereocenters. The zero-order valence-corrected chi connectivity index (χ0v) is 18.0. The number of para-hydroxylation sites is 2. The van der Waals surface area contributed by atoms with Gasteiger partial charge in [0.15, 0.2) is 0 Å². The van der Waals surface area contributed by atoms with Crippen molar-refractivity contribution in [2.24, 2.45) is 0 Å². The molecule has 1 aliphatic heterocycles. The van der Waals surface area contributed by atoms with Gasteiger partial charge in [0.25, 0.3) is 5.91 Å². The third-order valence-corrected chi connectivity index (χ3v) is 5.74. The van der Waals surface area contributed by atoms with Crippen LogP contribution in [0.2, 0.25) is 0 Å². The second-order valence-electron chi connectivity index (χ2n) is 7.85. The second kappa shape index (κ2) is 9.71. The molecule has 1 aliphatic rings. The van der Waals surface area contributed by atoms with Gasteiger partial charge in [-0.1, -0.05) is 48.9 Å². The van der Waals surface area contributed by atoms with Crippen LogP contribution < -0.4 is 10.1 Å². The Kier molecular flexibility index (Phi) is 6.57. The van der Waals surface area contributed by atoms with E-state index in [1.165, 1.54) is 12.0 Å². The summed E-state index contributed by atoms with van der Waals surface area (Å²) in [5.74, 6) is 1.17. The van der Waals surface area contributed by atoms with E-state index in [1.807, 2.05) is 37.3 Å². The van der Waals surface area contributed by atoms with Crippen molar-refractivity contribution in [3.05, 3.63) is 83.4 Å². The lowest BCUT2D eigenvalue weighted by Gasteiger charge is -2.34. The van der Waals surface area contributed by atoms with Crippen LogP contribution in [0.4, 0.5) is 5.69 Å². The maximum absolute atomic E-state index is 12.8. The molecule has 1 aromatic heterocycles. The van der Waals surface area contributed by atoms with E-state index < -0.39 is 0 Å². The Hall–Kier alpha value is -3.25. The molecule has 1 amide bonds. The van der Waals surface area contributed by atoms with E-state index in [2.05, 4.69) is 39.5 Å². The van der Waals surface area contributed by atoms with Crippen molar-refractivity contribution in [3.8, 4) is 5.75 Å². The van der Waals surface area contributed by atoms with Gasteiger partial charge in [-0.05, 0) is 44.0 Å². The number of amides is 1. The second-order valence-corrected chi connectivity index (χ2v) is 7.85. The molecule has 2 aromatic carbocycles. The number of carbonyl (C=O) groups excluding carboxylic acids is 1. The molecule has 0 spiro atoms. The van der Waals surface area contributed by atoms with E-state index in [1.54, 1.807) is 13.3 Å². The molecular formula is C25H28N4O2. The molecule has 0 bridgehead atoms. The first-order valence-corrected chi connectivity index (χ1v) is 10.7. The van der Waals surface area contributed by atoms with E-state index >= 15 is 0 Å². The number of methoxy groups -OCH3 is 1. The summed E-state index contributed by atoms with van der Waals surface area (Å²) < 4.78 is 5.32. The highest BCUT2D eigenvalue weighted by molar-refractivity contribution is 6.05. The molecule has 4 rings (SSSR count). The number of aromatic nitrogens is 2. The van der Waals surface area contributed by atoms with Gasteiger partial charge in [0, 0.05) is 12.7 Å². The summed E-state index contributed by atoms with van der Waals surface area (Å²) >= 11 is 0. The molecule has 6 nitrogen and oxygen atoms in total. The van der Waals surface area contributed by atoms with E-state index in [-0.39, 0.29) is 11.9 Å². The summed E-state index contributed by atoms with van der Waals surface area (Å²) in [6.07, 6.45) is 5.02. The van der Waals surface area contributed by atoms with Crippen LogP contribution in [0.25, 0.3) is 0 Å². The predicted molar refractivity (Wildman–Crippen MR) is 121 cm³/mol. The number of nitrogens with one attached hydrogen (secondary N) is 1. The maximum atomic E-state index is 12.8. The molecule has 31 heavy (non-hydrogen) atoms. The summed E-state index contributed by atoms with van der Waals surface area (Å²) in [5, 5.41) is 2.90. The lowest BCUT2D eigenvalue weighted by molar-refractivity contribution is 0.102. The molecule has 1 saturated heterocycles. The molecule has 1 unspecified atom stereocenters. The van der Waals surface area contributed by atoms with Crippen LogP contribution in [0, 0.1) is 6.92 Å². The topological polar surface area (TPSA) is 67.3 Å². The van der Waals surface area contributed by atoms with Crippen molar-refractivity contribution in [3.63, 3.8) is 0 Å². The maximum Gasteiger partial charge on any atom is 0.259 e. The number of likely N-dealkylation sites (tertiary alicyclic amines) is 1. The van der Waals surface area contributed by atoms with Gasteiger partial charge in [0.2, 0.25) is 0 Å². The number of hydrogen-bond acceptors (Lipinski definition) is 5. The summed E-state index contributed by atoms with van der Waals surface area (Å²) in [5.41, 5.74) is 3.07. The lowest BCUT2D eigenvalue weighted by atomic mass is 10.00. The number of benzene rings is 2. The molecule has 1 N–H and O–H groups in total. The monoisotopic (exact) mass is 416 g/mol. The van der Waals surface area contributed by atoms with Gasteiger partial charge in [-0.25, -0.2) is 9.97 Å². The zero-order chi connectivity index (χ0) is 21.6. The van der Waals surface area contributed by atoms with Crippen LogP contribution in [0.15, 0.2) is 60.8 Å². The van der Waals surface area contributed by atoms with Crippen molar-refractivity contribution in [2.45, 2.75) is 38.8 Å².